The zero-order valence-electron chi connectivity index (χ0n) is 14.6. The zero-order valence-corrected chi connectivity index (χ0v) is 14.6. The van der Waals surface area contributed by atoms with Crippen LogP contribution in [0.4, 0.5) is 0 Å². The maximum atomic E-state index is 12.7. The standard InChI is InChI=1S/C18H33N3O2/c1-14-5-2-3-9-20(14)12-15-6-4-10-21(13-15)18(22)17-8-7-16(11-19)23-17/h14-17H,2-13,19H2,1H3/t14?,15?,16-,17+/m1/s1. The summed E-state index contributed by atoms with van der Waals surface area (Å²) in [6.07, 6.45) is 8.02. The molecule has 3 saturated heterocycles. The van der Waals surface area contributed by atoms with Gasteiger partial charge in [-0.1, -0.05) is 6.42 Å². The smallest absolute Gasteiger partial charge is 0.251 e. The summed E-state index contributed by atoms with van der Waals surface area (Å²) in [5.41, 5.74) is 5.66. The van der Waals surface area contributed by atoms with Crippen LogP contribution in [-0.2, 0) is 9.53 Å². The molecule has 5 heteroatoms. The Hall–Kier alpha value is -0.650. The molecule has 0 spiro atoms. The Morgan fingerprint density at radius 3 is 2.74 bits per heavy atom. The number of likely N-dealkylation sites (tertiary alicyclic amines) is 2. The van der Waals surface area contributed by atoms with Crippen molar-refractivity contribution < 1.29 is 9.53 Å². The molecule has 0 radical (unpaired) electrons. The van der Waals surface area contributed by atoms with Gasteiger partial charge >= 0.3 is 0 Å². The third-order valence-corrected chi connectivity index (χ3v) is 5.91. The normalized spacial score (nSPS) is 36.3. The molecule has 23 heavy (non-hydrogen) atoms. The molecule has 2 N–H and O–H groups in total. The van der Waals surface area contributed by atoms with Crippen molar-refractivity contribution in [1.82, 2.24) is 9.80 Å². The van der Waals surface area contributed by atoms with Crippen LogP contribution < -0.4 is 5.73 Å². The predicted molar refractivity (Wildman–Crippen MR) is 91.1 cm³/mol. The van der Waals surface area contributed by atoms with E-state index in [1.807, 2.05) is 0 Å². The zero-order chi connectivity index (χ0) is 16.2. The number of carbonyl (C=O) groups excluding carboxylic acids is 1. The molecule has 0 bridgehead atoms. The van der Waals surface area contributed by atoms with E-state index in [1.54, 1.807) is 0 Å². The van der Waals surface area contributed by atoms with Crippen LogP contribution in [0.1, 0.15) is 51.9 Å². The van der Waals surface area contributed by atoms with Gasteiger partial charge in [0.1, 0.15) is 6.10 Å². The van der Waals surface area contributed by atoms with Crippen LogP contribution in [0.25, 0.3) is 0 Å². The SMILES string of the molecule is CC1CCCCN1CC1CCCN(C(=O)[C@@H]2CC[C@H](CN)O2)C1. The third-order valence-electron chi connectivity index (χ3n) is 5.91. The number of rotatable bonds is 4. The molecule has 132 valence electrons. The van der Waals surface area contributed by atoms with Crippen LogP contribution in [0, 0.1) is 5.92 Å². The number of carbonyl (C=O) groups is 1. The lowest BCUT2D eigenvalue weighted by Gasteiger charge is -2.40. The minimum Gasteiger partial charge on any atom is -0.364 e. The number of hydrogen-bond acceptors (Lipinski definition) is 4. The van der Waals surface area contributed by atoms with E-state index in [2.05, 4.69) is 16.7 Å². The third kappa shape index (κ3) is 4.25. The largest absolute Gasteiger partial charge is 0.364 e. The minimum absolute atomic E-state index is 0.0822. The predicted octanol–water partition coefficient (Wildman–Crippen LogP) is 1.61. The van der Waals surface area contributed by atoms with E-state index in [9.17, 15) is 4.79 Å². The van der Waals surface area contributed by atoms with Gasteiger partial charge in [0.2, 0.25) is 0 Å². The van der Waals surface area contributed by atoms with E-state index in [0.29, 0.717) is 18.5 Å². The number of amides is 1. The highest BCUT2D eigenvalue weighted by Crippen LogP contribution is 2.26. The maximum absolute atomic E-state index is 12.7. The Morgan fingerprint density at radius 1 is 1.13 bits per heavy atom. The van der Waals surface area contributed by atoms with Gasteiger partial charge in [0.15, 0.2) is 0 Å². The van der Waals surface area contributed by atoms with Crippen molar-refractivity contribution in [2.24, 2.45) is 11.7 Å². The number of nitrogens with zero attached hydrogens (tertiary/aromatic N) is 2. The lowest BCUT2D eigenvalue weighted by atomic mass is 9.94. The molecule has 3 rings (SSSR count). The molecule has 5 nitrogen and oxygen atoms in total. The Morgan fingerprint density at radius 2 is 2.00 bits per heavy atom. The second-order valence-corrected chi connectivity index (χ2v) is 7.69. The van der Waals surface area contributed by atoms with Crippen LogP contribution in [0.3, 0.4) is 0 Å². The Balaban J connectivity index is 1.50. The van der Waals surface area contributed by atoms with E-state index in [0.717, 1.165) is 38.9 Å². The molecule has 3 fully saturated rings. The average molecular weight is 323 g/mol. The molecule has 0 aromatic rings. The van der Waals surface area contributed by atoms with E-state index >= 15 is 0 Å². The molecule has 0 saturated carbocycles. The van der Waals surface area contributed by atoms with Crippen LogP contribution in [-0.4, -0.2) is 66.7 Å². The Kier molecular flexibility index (Phi) is 5.94. The van der Waals surface area contributed by atoms with Gasteiger partial charge in [0.25, 0.3) is 5.91 Å². The van der Waals surface area contributed by atoms with Crippen molar-refractivity contribution in [2.75, 3.05) is 32.7 Å². The molecule has 2 unspecified atom stereocenters. The first-order chi connectivity index (χ1) is 11.2. The van der Waals surface area contributed by atoms with E-state index < -0.39 is 0 Å². The highest BCUT2D eigenvalue weighted by Gasteiger charge is 2.35. The summed E-state index contributed by atoms with van der Waals surface area (Å²) in [7, 11) is 0. The molecule has 3 aliphatic heterocycles. The fourth-order valence-corrected chi connectivity index (χ4v) is 4.44. The highest BCUT2D eigenvalue weighted by atomic mass is 16.5. The lowest BCUT2D eigenvalue weighted by molar-refractivity contribution is -0.144. The van der Waals surface area contributed by atoms with Crippen molar-refractivity contribution in [1.29, 1.82) is 0 Å². The Bertz CT molecular complexity index is 404. The molecule has 4 atom stereocenters. The van der Waals surface area contributed by atoms with Crippen molar-refractivity contribution in [3.8, 4) is 0 Å². The fourth-order valence-electron chi connectivity index (χ4n) is 4.44. The molecule has 0 aliphatic carbocycles. The van der Waals surface area contributed by atoms with Crippen LogP contribution >= 0.6 is 0 Å². The van der Waals surface area contributed by atoms with Gasteiger partial charge in [0.05, 0.1) is 6.10 Å². The van der Waals surface area contributed by atoms with Crippen LogP contribution in [0.5, 0.6) is 0 Å². The van der Waals surface area contributed by atoms with Gasteiger partial charge in [-0.15, -0.1) is 0 Å². The summed E-state index contributed by atoms with van der Waals surface area (Å²) < 4.78 is 5.80. The van der Waals surface area contributed by atoms with Crippen molar-refractivity contribution in [2.45, 2.75) is 70.1 Å². The lowest BCUT2D eigenvalue weighted by Crippen LogP contribution is -2.49. The molecular weight excluding hydrogens is 290 g/mol. The summed E-state index contributed by atoms with van der Waals surface area (Å²) >= 11 is 0. The van der Waals surface area contributed by atoms with E-state index in [1.165, 1.54) is 32.2 Å². The summed E-state index contributed by atoms with van der Waals surface area (Å²) in [4.78, 5) is 17.4. The topological polar surface area (TPSA) is 58.8 Å². The first-order valence-corrected chi connectivity index (χ1v) is 9.55. The molecule has 0 aromatic carbocycles. The fraction of sp³-hybridized carbons (Fsp3) is 0.944. The van der Waals surface area contributed by atoms with Crippen molar-refractivity contribution in [3.05, 3.63) is 0 Å². The average Bonchev–Trinajstić information content (AvgIpc) is 3.06. The summed E-state index contributed by atoms with van der Waals surface area (Å²) in [6.45, 7) is 7.08. The summed E-state index contributed by atoms with van der Waals surface area (Å²) in [5.74, 6) is 0.831. The summed E-state index contributed by atoms with van der Waals surface area (Å²) in [6, 6.07) is 0.707. The minimum atomic E-state index is -0.240. The van der Waals surface area contributed by atoms with Gasteiger partial charge < -0.3 is 20.3 Å². The number of nitrogens with two attached hydrogens (primary N) is 1. The van der Waals surface area contributed by atoms with Gasteiger partial charge in [0, 0.05) is 32.2 Å². The molecule has 3 heterocycles. The molecule has 1 amide bonds. The molecule has 3 aliphatic rings. The monoisotopic (exact) mass is 323 g/mol. The van der Waals surface area contributed by atoms with Crippen LogP contribution in [0.2, 0.25) is 0 Å². The van der Waals surface area contributed by atoms with Gasteiger partial charge in [-0.05, 0) is 57.9 Å². The van der Waals surface area contributed by atoms with Crippen LogP contribution in [0.15, 0.2) is 0 Å². The first kappa shape index (κ1) is 17.2. The van der Waals surface area contributed by atoms with E-state index in [-0.39, 0.29) is 18.1 Å². The first-order valence-electron chi connectivity index (χ1n) is 9.55. The van der Waals surface area contributed by atoms with Gasteiger partial charge in [-0.2, -0.15) is 0 Å². The van der Waals surface area contributed by atoms with Crippen molar-refractivity contribution in [3.63, 3.8) is 0 Å². The van der Waals surface area contributed by atoms with Gasteiger partial charge in [-0.25, -0.2) is 0 Å². The molecule has 0 aromatic heterocycles. The number of hydrogen-bond donors (Lipinski definition) is 1. The van der Waals surface area contributed by atoms with E-state index in [4.69, 9.17) is 10.5 Å². The Labute approximate surface area is 140 Å². The highest BCUT2D eigenvalue weighted by molar-refractivity contribution is 5.81. The van der Waals surface area contributed by atoms with Gasteiger partial charge in [-0.3, -0.25) is 4.79 Å². The summed E-state index contributed by atoms with van der Waals surface area (Å²) in [5, 5.41) is 0. The van der Waals surface area contributed by atoms with Crippen molar-refractivity contribution >= 4 is 5.91 Å². The second kappa shape index (κ2) is 7.95. The number of ether oxygens (including phenoxy) is 1. The maximum Gasteiger partial charge on any atom is 0.251 e. The quantitative estimate of drug-likeness (QED) is 0.854. The molecular formula is C18H33N3O2. The number of piperidine rings is 2. The second-order valence-electron chi connectivity index (χ2n) is 7.69.